The van der Waals surface area contributed by atoms with E-state index in [1.54, 1.807) is 0 Å². The molecule has 8 heteroatoms. The second-order valence-electron chi connectivity index (χ2n) is 2.52. The predicted octanol–water partition coefficient (Wildman–Crippen LogP) is 2.88. The van der Waals surface area contributed by atoms with Crippen LogP contribution >= 0.6 is 0 Å². The largest absolute Gasteiger partial charge is 0.503 e. The average molecular weight is 231 g/mol. The summed E-state index contributed by atoms with van der Waals surface area (Å²) < 4.78 is 72.6. The van der Waals surface area contributed by atoms with Gasteiger partial charge in [-0.1, -0.05) is 0 Å². The molecule has 0 fully saturated rings. The second-order valence-corrected chi connectivity index (χ2v) is 2.52. The molecule has 0 atom stereocenters. The van der Waals surface area contributed by atoms with Gasteiger partial charge in [-0.2, -0.15) is 13.2 Å². The first-order valence-corrected chi connectivity index (χ1v) is 3.48. The minimum Gasteiger partial charge on any atom is -0.503 e. The van der Waals surface area contributed by atoms with E-state index >= 15 is 0 Å². The summed E-state index contributed by atoms with van der Waals surface area (Å²) in [4.78, 5) is 2.44. The Morgan fingerprint density at radius 1 is 1.27 bits per heavy atom. The molecule has 1 heterocycles. The number of aromatic nitrogens is 1. The number of hydrogen-bond donors (Lipinski definition) is 1. The average Bonchev–Trinajstić information content (AvgIpc) is 2.06. The van der Waals surface area contributed by atoms with Crippen LogP contribution in [0.5, 0.6) is 5.75 Å². The lowest BCUT2D eigenvalue weighted by atomic mass is 10.2. The minimum absolute atomic E-state index is 0.152. The van der Waals surface area contributed by atoms with E-state index in [9.17, 15) is 26.3 Å². The zero-order chi connectivity index (χ0) is 11.8. The smallest absolute Gasteiger partial charge is 0.433 e. The van der Waals surface area contributed by atoms with Crippen molar-refractivity contribution in [3.63, 3.8) is 0 Å². The van der Waals surface area contributed by atoms with Gasteiger partial charge in [0.15, 0.2) is 17.3 Å². The summed E-state index contributed by atoms with van der Waals surface area (Å²) in [7, 11) is 0. The molecule has 2 nitrogen and oxygen atoms in total. The first kappa shape index (κ1) is 11.6. The Bertz CT molecular complexity index is 374. The molecule has 0 unspecified atom stereocenters. The molecule has 1 aromatic heterocycles. The fourth-order valence-corrected chi connectivity index (χ4v) is 0.823. The molecular weight excluding hydrogens is 228 g/mol. The first-order chi connectivity index (χ1) is 6.73. The van der Waals surface area contributed by atoms with E-state index in [0.29, 0.717) is 0 Å². The van der Waals surface area contributed by atoms with Crippen LogP contribution in [0.3, 0.4) is 0 Å². The van der Waals surface area contributed by atoms with Crippen molar-refractivity contribution in [3.8, 4) is 5.75 Å². The van der Waals surface area contributed by atoms with Gasteiger partial charge in [-0.15, -0.1) is 0 Å². The molecule has 0 aliphatic rings. The van der Waals surface area contributed by atoms with Crippen molar-refractivity contribution in [3.05, 3.63) is 23.3 Å². The molecule has 0 bridgehead atoms. The van der Waals surface area contributed by atoms with Crippen molar-refractivity contribution in [2.75, 3.05) is 0 Å². The van der Waals surface area contributed by atoms with Gasteiger partial charge in [0.1, 0.15) is 5.69 Å². The number of hydrogen-bond acceptors (Lipinski definition) is 2. The Kier molecular flexibility index (Phi) is 2.78. The van der Waals surface area contributed by atoms with Gasteiger partial charge in [0.05, 0.1) is 0 Å². The Hall–Kier alpha value is -1.47. The number of halogens is 6. The van der Waals surface area contributed by atoms with Crippen molar-refractivity contribution in [2.45, 2.75) is 12.6 Å². The highest BCUT2D eigenvalue weighted by Crippen LogP contribution is 2.34. The molecule has 15 heavy (non-hydrogen) atoms. The maximum absolute atomic E-state index is 12.6. The molecule has 0 aliphatic heterocycles. The van der Waals surface area contributed by atoms with Crippen LogP contribution in [0.2, 0.25) is 0 Å². The molecule has 0 radical (unpaired) electrons. The van der Waals surface area contributed by atoms with Crippen LogP contribution in [0.25, 0.3) is 0 Å². The third-order valence-electron chi connectivity index (χ3n) is 1.47. The fraction of sp³-hybridized carbons (Fsp3) is 0.286. The summed E-state index contributed by atoms with van der Waals surface area (Å²) in [5, 5.41) is 8.67. The van der Waals surface area contributed by atoms with Crippen molar-refractivity contribution < 1.29 is 31.4 Å². The van der Waals surface area contributed by atoms with Gasteiger partial charge in [0, 0.05) is 6.07 Å². The van der Waals surface area contributed by atoms with E-state index in [4.69, 9.17) is 5.11 Å². The van der Waals surface area contributed by atoms with Gasteiger partial charge in [0.25, 0.3) is 6.43 Å². The summed E-state index contributed by atoms with van der Waals surface area (Å²) >= 11 is 0. The van der Waals surface area contributed by atoms with Crippen LogP contribution in [0.4, 0.5) is 26.3 Å². The predicted molar refractivity (Wildman–Crippen MR) is 35.8 cm³/mol. The van der Waals surface area contributed by atoms with Crippen molar-refractivity contribution in [2.24, 2.45) is 0 Å². The van der Waals surface area contributed by atoms with Crippen molar-refractivity contribution in [1.29, 1.82) is 0 Å². The van der Waals surface area contributed by atoms with E-state index in [2.05, 4.69) is 4.98 Å². The first-order valence-electron chi connectivity index (χ1n) is 3.48. The minimum atomic E-state index is -5.04. The van der Waals surface area contributed by atoms with Crippen LogP contribution < -0.4 is 0 Å². The Morgan fingerprint density at radius 3 is 2.20 bits per heavy atom. The molecule has 0 saturated heterocycles. The normalized spacial score (nSPS) is 12.2. The maximum Gasteiger partial charge on any atom is 0.433 e. The molecule has 0 spiro atoms. The Morgan fingerprint density at radius 2 is 1.80 bits per heavy atom. The molecule has 0 aromatic carbocycles. The number of pyridine rings is 1. The van der Waals surface area contributed by atoms with Gasteiger partial charge < -0.3 is 5.11 Å². The summed E-state index contributed by atoms with van der Waals surface area (Å²) in [5.74, 6) is -3.36. The molecule has 1 aromatic rings. The van der Waals surface area contributed by atoms with Gasteiger partial charge >= 0.3 is 6.18 Å². The lowest BCUT2D eigenvalue weighted by molar-refractivity contribution is -0.141. The summed E-state index contributed by atoms with van der Waals surface area (Å²) in [5.41, 5.74) is -3.43. The second kappa shape index (κ2) is 3.59. The summed E-state index contributed by atoms with van der Waals surface area (Å²) in [6.45, 7) is 0. The van der Waals surface area contributed by atoms with Crippen LogP contribution in [0, 0.1) is 5.82 Å². The van der Waals surface area contributed by atoms with Gasteiger partial charge in [-0.05, 0) is 0 Å². The van der Waals surface area contributed by atoms with E-state index in [0.717, 1.165) is 0 Å². The van der Waals surface area contributed by atoms with E-state index in [1.807, 2.05) is 0 Å². The van der Waals surface area contributed by atoms with Crippen LogP contribution in [0.15, 0.2) is 6.07 Å². The van der Waals surface area contributed by atoms with E-state index in [-0.39, 0.29) is 6.07 Å². The highest BCUT2D eigenvalue weighted by atomic mass is 19.4. The lowest BCUT2D eigenvalue weighted by Gasteiger charge is -2.09. The molecular formula is C7H3F6NO. The quantitative estimate of drug-likeness (QED) is 0.754. The number of aromatic hydroxyl groups is 1. The topological polar surface area (TPSA) is 33.1 Å². The monoisotopic (exact) mass is 231 g/mol. The van der Waals surface area contributed by atoms with Crippen LogP contribution in [-0.4, -0.2) is 10.1 Å². The SMILES string of the molecule is Oc1c(F)cc(C(F)(F)F)nc1C(F)F. The van der Waals surface area contributed by atoms with Crippen LogP contribution in [0.1, 0.15) is 17.8 Å². The van der Waals surface area contributed by atoms with Gasteiger partial charge in [-0.25, -0.2) is 18.2 Å². The molecule has 1 rings (SSSR count). The summed E-state index contributed by atoms with van der Waals surface area (Å²) in [6, 6.07) is -0.152. The highest BCUT2D eigenvalue weighted by molar-refractivity contribution is 5.31. The lowest BCUT2D eigenvalue weighted by Crippen LogP contribution is -2.10. The Labute approximate surface area is 79.2 Å². The molecule has 0 aliphatic carbocycles. The maximum atomic E-state index is 12.6. The van der Waals surface area contributed by atoms with E-state index in [1.165, 1.54) is 0 Å². The fourth-order valence-electron chi connectivity index (χ4n) is 0.823. The van der Waals surface area contributed by atoms with Crippen LogP contribution in [-0.2, 0) is 6.18 Å². The molecule has 0 amide bonds. The van der Waals surface area contributed by atoms with Gasteiger partial charge in [0.2, 0.25) is 0 Å². The zero-order valence-corrected chi connectivity index (χ0v) is 6.82. The number of nitrogens with zero attached hydrogens (tertiary/aromatic N) is 1. The standard InChI is InChI=1S/C7H3F6NO/c8-2-1-3(7(11,12)13)14-4(5(2)15)6(9)10/h1,6,15H. The van der Waals surface area contributed by atoms with Crippen molar-refractivity contribution in [1.82, 2.24) is 4.98 Å². The van der Waals surface area contributed by atoms with Gasteiger partial charge in [-0.3, -0.25) is 0 Å². The molecule has 84 valence electrons. The number of alkyl halides is 5. The van der Waals surface area contributed by atoms with Crippen molar-refractivity contribution >= 4 is 0 Å². The molecule has 1 N–H and O–H groups in total. The summed E-state index contributed by atoms with van der Waals surface area (Å²) in [6.07, 6.45) is -8.53. The third-order valence-corrected chi connectivity index (χ3v) is 1.47. The highest BCUT2D eigenvalue weighted by Gasteiger charge is 2.35. The Balaban J connectivity index is 3.36. The molecule has 0 saturated carbocycles. The third kappa shape index (κ3) is 2.31. The van der Waals surface area contributed by atoms with E-state index < -0.39 is 35.6 Å². The number of rotatable bonds is 1. The zero-order valence-electron chi connectivity index (χ0n) is 6.82.